The molecule has 4 nitrogen and oxygen atoms in total. The first-order valence-corrected chi connectivity index (χ1v) is 8.82. The van der Waals surface area contributed by atoms with Crippen LogP contribution < -0.4 is 4.90 Å². The highest BCUT2D eigenvalue weighted by Crippen LogP contribution is 2.24. The molecule has 0 radical (unpaired) electrons. The van der Waals surface area contributed by atoms with Crippen molar-refractivity contribution < 1.29 is 8.42 Å². The number of nitrogens with zero attached hydrogens (tertiary/aromatic N) is 2. The maximum absolute atomic E-state index is 11.5. The zero-order chi connectivity index (χ0) is 13.3. The lowest BCUT2D eigenvalue weighted by atomic mass is 10.2. The highest BCUT2D eigenvalue weighted by Gasteiger charge is 2.31. The fourth-order valence-electron chi connectivity index (χ4n) is 2.32. The number of aromatic nitrogens is 1. The van der Waals surface area contributed by atoms with Crippen LogP contribution in [0.4, 0.5) is 5.82 Å². The third kappa shape index (κ3) is 2.85. The fourth-order valence-corrected chi connectivity index (χ4v) is 4.40. The molecule has 0 bridgehead atoms. The minimum absolute atomic E-state index is 0.0519. The summed E-state index contributed by atoms with van der Waals surface area (Å²) in [6.45, 7) is 2.01. The number of hydrogen-bond donors (Lipinski definition) is 0. The van der Waals surface area contributed by atoms with E-state index in [0.717, 1.165) is 22.3 Å². The van der Waals surface area contributed by atoms with Gasteiger partial charge in [-0.2, -0.15) is 0 Å². The molecule has 0 amide bonds. The molecule has 6 heteroatoms. The standard InChI is InChI=1S/C12H17BrN2O2S/c1-9-5-10(6-13)7-14-12(9)15(2)11-3-4-18(16,17)8-11/h5,7,11H,3-4,6,8H2,1-2H3. The quantitative estimate of drug-likeness (QED) is 0.793. The second-order valence-electron chi connectivity index (χ2n) is 4.79. The lowest BCUT2D eigenvalue weighted by molar-refractivity contribution is 0.600. The zero-order valence-electron chi connectivity index (χ0n) is 10.6. The third-order valence-corrected chi connectivity index (χ3v) is 5.75. The summed E-state index contributed by atoms with van der Waals surface area (Å²) in [6, 6.07) is 2.13. The number of anilines is 1. The van der Waals surface area contributed by atoms with Gasteiger partial charge in [0.1, 0.15) is 5.82 Å². The molecular weight excluding hydrogens is 316 g/mol. The van der Waals surface area contributed by atoms with Crippen LogP contribution in [0.1, 0.15) is 17.5 Å². The molecule has 18 heavy (non-hydrogen) atoms. The molecule has 1 saturated heterocycles. The Kier molecular flexibility index (Phi) is 3.96. The number of pyridine rings is 1. The van der Waals surface area contributed by atoms with Crippen molar-refractivity contribution in [2.45, 2.75) is 24.7 Å². The van der Waals surface area contributed by atoms with Crippen LogP contribution in [0.15, 0.2) is 12.3 Å². The highest BCUT2D eigenvalue weighted by atomic mass is 79.9. The van der Waals surface area contributed by atoms with Gasteiger partial charge in [0, 0.05) is 24.6 Å². The Balaban J connectivity index is 2.21. The normalized spacial score (nSPS) is 22.1. The van der Waals surface area contributed by atoms with Crippen LogP contribution >= 0.6 is 15.9 Å². The number of alkyl halides is 1. The van der Waals surface area contributed by atoms with Gasteiger partial charge in [-0.25, -0.2) is 13.4 Å². The van der Waals surface area contributed by atoms with Crippen molar-refractivity contribution in [3.8, 4) is 0 Å². The van der Waals surface area contributed by atoms with E-state index in [4.69, 9.17) is 0 Å². The van der Waals surface area contributed by atoms with Crippen molar-refractivity contribution in [3.05, 3.63) is 23.4 Å². The van der Waals surface area contributed by atoms with Crippen LogP contribution in [-0.4, -0.2) is 38.0 Å². The van der Waals surface area contributed by atoms with Gasteiger partial charge in [0.05, 0.1) is 11.5 Å². The smallest absolute Gasteiger partial charge is 0.152 e. The average Bonchev–Trinajstić information content (AvgIpc) is 2.68. The van der Waals surface area contributed by atoms with Crippen LogP contribution in [0.3, 0.4) is 0 Å². The van der Waals surface area contributed by atoms with Crippen LogP contribution in [0.2, 0.25) is 0 Å². The first-order valence-electron chi connectivity index (χ1n) is 5.87. The molecule has 1 atom stereocenters. The topological polar surface area (TPSA) is 50.3 Å². The molecule has 1 aliphatic heterocycles. The van der Waals surface area contributed by atoms with E-state index in [2.05, 4.69) is 27.0 Å². The number of sulfone groups is 1. The number of hydrogen-bond acceptors (Lipinski definition) is 4. The van der Waals surface area contributed by atoms with Gasteiger partial charge in [0.15, 0.2) is 9.84 Å². The highest BCUT2D eigenvalue weighted by molar-refractivity contribution is 9.08. The van der Waals surface area contributed by atoms with Crippen molar-refractivity contribution in [2.75, 3.05) is 23.5 Å². The van der Waals surface area contributed by atoms with Crippen molar-refractivity contribution in [1.82, 2.24) is 4.98 Å². The second kappa shape index (κ2) is 5.17. The van der Waals surface area contributed by atoms with Crippen LogP contribution in [0.5, 0.6) is 0 Å². The van der Waals surface area contributed by atoms with Crippen molar-refractivity contribution in [1.29, 1.82) is 0 Å². The molecule has 0 aromatic carbocycles. The van der Waals surface area contributed by atoms with Crippen LogP contribution in [0.25, 0.3) is 0 Å². The summed E-state index contributed by atoms with van der Waals surface area (Å²) in [5.41, 5.74) is 2.21. The molecule has 0 aliphatic carbocycles. The summed E-state index contributed by atoms with van der Waals surface area (Å²) in [6.07, 6.45) is 2.52. The Morgan fingerprint density at radius 3 is 2.78 bits per heavy atom. The van der Waals surface area contributed by atoms with Gasteiger partial charge in [-0.1, -0.05) is 22.0 Å². The van der Waals surface area contributed by atoms with Gasteiger partial charge in [-0.3, -0.25) is 0 Å². The molecule has 0 N–H and O–H groups in total. The van der Waals surface area contributed by atoms with Crippen molar-refractivity contribution >= 4 is 31.6 Å². The van der Waals surface area contributed by atoms with E-state index in [1.165, 1.54) is 0 Å². The summed E-state index contributed by atoms with van der Waals surface area (Å²) in [5, 5.41) is 0.780. The molecule has 0 spiro atoms. The SMILES string of the molecule is Cc1cc(CBr)cnc1N(C)C1CCS(=O)(=O)C1. The zero-order valence-corrected chi connectivity index (χ0v) is 13.0. The van der Waals surface area contributed by atoms with Gasteiger partial charge in [-0.15, -0.1) is 0 Å². The molecule has 0 saturated carbocycles. The van der Waals surface area contributed by atoms with Gasteiger partial charge in [0.25, 0.3) is 0 Å². The van der Waals surface area contributed by atoms with Crippen LogP contribution in [-0.2, 0) is 15.2 Å². The van der Waals surface area contributed by atoms with E-state index in [9.17, 15) is 8.42 Å². The summed E-state index contributed by atoms with van der Waals surface area (Å²) >= 11 is 3.40. The molecule has 1 aromatic rings. The lowest BCUT2D eigenvalue weighted by Crippen LogP contribution is -2.33. The van der Waals surface area contributed by atoms with Gasteiger partial charge in [0.2, 0.25) is 0 Å². The molecule has 2 heterocycles. The van der Waals surface area contributed by atoms with E-state index < -0.39 is 9.84 Å². The molecule has 1 fully saturated rings. The van der Waals surface area contributed by atoms with E-state index in [1.807, 2.05) is 25.1 Å². The Labute approximate surface area is 116 Å². The molecule has 1 unspecified atom stereocenters. The fraction of sp³-hybridized carbons (Fsp3) is 0.583. The summed E-state index contributed by atoms with van der Waals surface area (Å²) in [5.74, 6) is 1.41. The third-order valence-electron chi connectivity index (χ3n) is 3.35. The minimum Gasteiger partial charge on any atom is -0.355 e. The maximum Gasteiger partial charge on any atom is 0.152 e. The Bertz CT molecular complexity index is 545. The molecular formula is C12H17BrN2O2S. The van der Waals surface area contributed by atoms with Crippen LogP contribution in [0, 0.1) is 6.92 Å². The minimum atomic E-state index is -2.85. The second-order valence-corrected chi connectivity index (χ2v) is 7.57. The predicted octanol–water partition coefficient (Wildman–Crippen LogP) is 1.91. The maximum atomic E-state index is 11.5. The first kappa shape index (κ1) is 13.8. The first-order chi connectivity index (χ1) is 8.43. The number of aryl methyl sites for hydroxylation is 1. The number of halogens is 1. The van der Waals surface area contributed by atoms with E-state index in [-0.39, 0.29) is 11.8 Å². The Hall–Kier alpha value is -0.620. The van der Waals surface area contributed by atoms with E-state index >= 15 is 0 Å². The lowest BCUT2D eigenvalue weighted by Gasteiger charge is -2.26. The molecule has 1 aliphatic rings. The summed E-state index contributed by atoms with van der Waals surface area (Å²) < 4.78 is 23.0. The van der Waals surface area contributed by atoms with Gasteiger partial charge < -0.3 is 4.90 Å². The van der Waals surface area contributed by atoms with E-state index in [0.29, 0.717) is 12.2 Å². The van der Waals surface area contributed by atoms with E-state index in [1.54, 1.807) is 0 Å². The average molecular weight is 333 g/mol. The Morgan fingerprint density at radius 1 is 1.56 bits per heavy atom. The Morgan fingerprint density at radius 2 is 2.28 bits per heavy atom. The van der Waals surface area contributed by atoms with Gasteiger partial charge in [-0.05, 0) is 24.5 Å². The number of rotatable bonds is 3. The molecule has 2 rings (SSSR count). The molecule has 1 aromatic heterocycles. The van der Waals surface area contributed by atoms with Crippen molar-refractivity contribution in [2.24, 2.45) is 0 Å². The van der Waals surface area contributed by atoms with Crippen molar-refractivity contribution in [3.63, 3.8) is 0 Å². The molecule has 100 valence electrons. The largest absolute Gasteiger partial charge is 0.355 e. The predicted molar refractivity (Wildman–Crippen MR) is 77.1 cm³/mol. The van der Waals surface area contributed by atoms with Gasteiger partial charge >= 0.3 is 0 Å². The monoisotopic (exact) mass is 332 g/mol. The summed E-state index contributed by atoms with van der Waals surface area (Å²) in [4.78, 5) is 6.44. The summed E-state index contributed by atoms with van der Waals surface area (Å²) in [7, 11) is -0.926.